The van der Waals surface area contributed by atoms with E-state index >= 15 is 0 Å². The first-order chi connectivity index (χ1) is 6.46. The Kier molecular flexibility index (Phi) is 2.04. The van der Waals surface area contributed by atoms with E-state index in [0.29, 0.717) is 12.8 Å². The van der Waals surface area contributed by atoms with Gasteiger partial charge in [-0.2, -0.15) is 0 Å². The summed E-state index contributed by atoms with van der Waals surface area (Å²) in [5.74, 6) is -2.68. The first-order valence-electron chi connectivity index (χ1n) is 4.05. The quantitative estimate of drug-likeness (QED) is 0.765. The van der Waals surface area contributed by atoms with E-state index < -0.39 is 23.0 Å². The molecule has 1 aliphatic rings. The summed E-state index contributed by atoms with van der Waals surface area (Å²) in [6.45, 7) is 0. The molecule has 0 bridgehead atoms. The van der Waals surface area contributed by atoms with E-state index in [4.69, 9.17) is 0 Å². The van der Waals surface area contributed by atoms with Gasteiger partial charge in [0.25, 0.3) is 0 Å². The summed E-state index contributed by atoms with van der Waals surface area (Å²) in [5, 5.41) is 19.1. The Labute approximate surface area is 87.3 Å². The van der Waals surface area contributed by atoms with Gasteiger partial charge >= 0.3 is 0 Å². The standard InChI is InChI=1S/C9H7BrF2O2/c10-4-3-5(11)7(12)6(8(4)13)9(14)1-2-9/h3,13-14H,1-2H2. The molecule has 2 rings (SSSR count). The highest BCUT2D eigenvalue weighted by Gasteiger charge is 2.47. The summed E-state index contributed by atoms with van der Waals surface area (Å²) in [6, 6.07) is 0.833. The molecule has 1 aliphatic carbocycles. The minimum atomic E-state index is -1.39. The second-order valence-electron chi connectivity index (χ2n) is 3.41. The van der Waals surface area contributed by atoms with Crippen LogP contribution >= 0.6 is 15.9 Å². The molecule has 76 valence electrons. The maximum absolute atomic E-state index is 13.3. The molecule has 1 aromatic carbocycles. The third kappa shape index (κ3) is 1.31. The topological polar surface area (TPSA) is 40.5 Å². The van der Waals surface area contributed by atoms with Crippen LogP contribution in [0.4, 0.5) is 8.78 Å². The fourth-order valence-electron chi connectivity index (χ4n) is 1.38. The van der Waals surface area contributed by atoms with Crippen molar-refractivity contribution in [1.29, 1.82) is 0 Å². The van der Waals surface area contributed by atoms with Crippen molar-refractivity contribution in [3.8, 4) is 5.75 Å². The van der Waals surface area contributed by atoms with Gasteiger partial charge in [-0.25, -0.2) is 8.78 Å². The molecular weight excluding hydrogens is 258 g/mol. The number of hydrogen-bond acceptors (Lipinski definition) is 2. The Hall–Kier alpha value is -0.680. The Morgan fingerprint density at radius 1 is 1.36 bits per heavy atom. The van der Waals surface area contributed by atoms with Crippen LogP contribution in [0.5, 0.6) is 5.75 Å². The number of phenolic OH excluding ortho intramolecular Hbond substituents is 1. The van der Waals surface area contributed by atoms with Crippen molar-refractivity contribution in [2.75, 3.05) is 0 Å². The van der Waals surface area contributed by atoms with Crippen molar-refractivity contribution in [2.45, 2.75) is 18.4 Å². The van der Waals surface area contributed by atoms with Crippen molar-refractivity contribution >= 4 is 15.9 Å². The van der Waals surface area contributed by atoms with E-state index in [1.165, 1.54) is 0 Å². The number of aliphatic hydroxyl groups is 1. The first kappa shape index (κ1) is 9.86. The Bertz CT molecular complexity index is 376. The van der Waals surface area contributed by atoms with Gasteiger partial charge in [0, 0.05) is 0 Å². The number of benzene rings is 1. The highest BCUT2D eigenvalue weighted by Crippen LogP contribution is 2.51. The van der Waals surface area contributed by atoms with E-state index in [1.54, 1.807) is 0 Å². The Morgan fingerprint density at radius 3 is 2.43 bits per heavy atom. The van der Waals surface area contributed by atoms with Crippen molar-refractivity contribution in [3.63, 3.8) is 0 Å². The normalized spacial score (nSPS) is 18.3. The third-order valence-electron chi connectivity index (χ3n) is 2.33. The summed E-state index contributed by atoms with van der Waals surface area (Å²) >= 11 is 2.88. The average Bonchev–Trinajstić information content (AvgIpc) is 2.81. The van der Waals surface area contributed by atoms with Crippen molar-refractivity contribution in [2.24, 2.45) is 0 Å². The van der Waals surface area contributed by atoms with Crippen LogP contribution in [-0.4, -0.2) is 10.2 Å². The van der Waals surface area contributed by atoms with Gasteiger partial charge in [-0.3, -0.25) is 0 Å². The van der Waals surface area contributed by atoms with Crippen LogP contribution in [0.2, 0.25) is 0 Å². The highest BCUT2D eigenvalue weighted by molar-refractivity contribution is 9.10. The summed E-state index contributed by atoms with van der Waals surface area (Å²) < 4.78 is 26.3. The van der Waals surface area contributed by atoms with Crippen LogP contribution in [-0.2, 0) is 5.60 Å². The molecule has 5 heteroatoms. The van der Waals surface area contributed by atoms with Gasteiger partial charge in [0.2, 0.25) is 0 Å². The van der Waals surface area contributed by atoms with Crippen molar-refractivity contribution in [1.82, 2.24) is 0 Å². The average molecular weight is 265 g/mol. The molecule has 14 heavy (non-hydrogen) atoms. The molecule has 0 unspecified atom stereocenters. The molecule has 2 N–H and O–H groups in total. The zero-order chi connectivity index (χ0) is 10.5. The number of aromatic hydroxyl groups is 1. The minimum absolute atomic E-state index is 0.0479. The second kappa shape index (κ2) is 2.90. The van der Waals surface area contributed by atoms with E-state index in [-0.39, 0.29) is 10.0 Å². The molecule has 0 spiro atoms. The summed E-state index contributed by atoms with van der Waals surface area (Å²) in [7, 11) is 0. The van der Waals surface area contributed by atoms with Gasteiger partial charge in [-0.15, -0.1) is 0 Å². The van der Waals surface area contributed by atoms with Crippen molar-refractivity contribution < 1.29 is 19.0 Å². The maximum atomic E-state index is 13.3. The van der Waals surface area contributed by atoms with Crippen LogP contribution in [0.1, 0.15) is 18.4 Å². The van der Waals surface area contributed by atoms with Crippen LogP contribution < -0.4 is 0 Å². The van der Waals surface area contributed by atoms with Gasteiger partial charge in [0.1, 0.15) is 5.75 Å². The van der Waals surface area contributed by atoms with Crippen LogP contribution in [0.3, 0.4) is 0 Å². The molecule has 1 aromatic rings. The Balaban J connectivity index is 2.68. The van der Waals surface area contributed by atoms with Gasteiger partial charge in [-0.05, 0) is 34.8 Å². The smallest absolute Gasteiger partial charge is 0.168 e. The lowest BCUT2D eigenvalue weighted by molar-refractivity contribution is 0.141. The van der Waals surface area contributed by atoms with Crippen LogP contribution in [0.25, 0.3) is 0 Å². The van der Waals surface area contributed by atoms with Crippen LogP contribution in [0.15, 0.2) is 10.5 Å². The van der Waals surface area contributed by atoms with E-state index in [9.17, 15) is 19.0 Å². The first-order valence-corrected chi connectivity index (χ1v) is 4.84. The molecule has 0 heterocycles. The zero-order valence-electron chi connectivity index (χ0n) is 7.02. The minimum Gasteiger partial charge on any atom is -0.506 e. The predicted octanol–water partition coefficient (Wildman–Crippen LogP) is 2.41. The maximum Gasteiger partial charge on any atom is 0.168 e. The molecule has 0 aromatic heterocycles. The number of hydrogen-bond donors (Lipinski definition) is 2. The van der Waals surface area contributed by atoms with Crippen molar-refractivity contribution in [3.05, 3.63) is 27.7 Å². The zero-order valence-corrected chi connectivity index (χ0v) is 8.61. The summed E-state index contributed by atoms with van der Waals surface area (Å²) in [6.07, 6.45) is 0.681. The Morgan fingerprint density at radius 2 is 1.93 bits per heavy atom. The molecule has 0 amide bonds. The SMILES string of the molecule is Oc1c(Br)cc(F)c(F)c1C1(O)CC1. The van der Waals surface area contributed by atoms with E-state index in [0.717, 1.165) is 6.07 Å². The summed E-state index contributed by atoms with van der Waals surface area (Å²) in [4.78, 5) is 0. The van der Waals surface area contributed by atoms with Crippen LogP contribution in [0, 0.1) is 11.6 Å². The van der Waals surface area contributed by atoms with Gasteiger partial charge in [-0.1, -0.05) is 0 Å². The largest absolute Gasteiger partial charge is 0.506 e. The van der Waals surface area contributed by atoms with Gasteiger partial charge in [0.15, 0.2) is 11.6 Å². The molecular formula is C9H7BrF2O2. The fraction of sp³-hybridized carbons (Fsp3) is 0.333. The van der Waals surface area contributed by atoms with Gasteiger partial charge in [0.05, 0.1) is 15.6 Å². The summed E-state index contributed by atoms with van der Waals surface area (Å²) in [5.41, 5.74) is -1.73. The molecule has 0 radical (unpaired) electrons. The molecule has 0 saturated heterocycles. The lowest BCUT2D eigenvalue weighted by atomic mass is 10.1. The van der Waals surface area contributed by atoms with E-state index in [2.05, 4.69) is 15.9 Å². The molecule has 0 aliphatic heterocycles. The molecule has 2 nitrogen and oxygen atoms in total. The number of halogens is 3. The fourth-order valence-corrected chi connectivity index (χ4v) is 1.78. The van der Waals surface area contributed by atoms with E-state index in [1.807, 2.05) is 0 Å². The molecule has 1 fully saturated rings. The molecule has 0 atom stereocenters. The number of rotatable bonds is 1. The predicted molar refractivity (Wildman–Crippen MR) is 48.9 cm³/mol. The lowest BCUT2D eigenvalue weighted by Gasteiger charge is -2.13. The lowest BCUT2D eigenvalue weighted by Crippen LogP contribution is -2.09. The highest BCUT2D eigenvalue weighted by atomic mass is 79.9. The molecule has 1 saturated carbocycles. The number of phenols is 1. The second-order valence-corrected chi connectivity index (χ2v) is 4.26. The van der Waals surface area contributed by atoms with Gasteiger partial charge < -0.3 is 10.2 Å². The third-order valence-corrected chi connectivity index (χ3v) is 2.94. The monoisotopic (exact) mass is 264 g/mol.